The highest BCUT2D eigenvalue weighted by Crippen LogP contribution is 2.14. The summed E-state index contributed by atoms with van der Waals surface area (Å²) in [5, 5.41) is 7.82. The van der Waals surface area contributed by atoms with Crippen LogP contribution in [0, 0.1) is 0 Å². The van der Waals surface area contributed by atoms with Gasteiger partial charge >= 0.3 is 0 Å². The van der Waals surface area contributed by atoms with Gasteiger partial charge in [0.25, 0.3) is 0 Å². The molecule has 2 aromatic rings. The fourth-order valence-corrected chi connectivity index (χ4v) is 2.83. The van der Waals surface area contributed by atoms with Crippen molar-refractivity contribution < 1.29 is 8.42 Å². The van der Waals surface area contributed by atoms with Gasteiger partial charge in [-0.25, -0.2) is 13.1 Å². The van der Waals surface area contributed by atoms with Gasteiger partial charge in [-0.3, -0.25) is 9.36 Å². The number of nitrogen functional groups attached to an aromatic ring is 1. The number of hydrogen-bond acceptors (Lipinski definition) is 5. The van der Waals surface area contributed by atoms with E-state index in [1.54, 1.807) is 17.9 Å². The van der Waals surface area contributed by atoms with E-state index in [-0.39, 0.29) is 17.3 Å². The van der Waals surface area contributed by atoms with Crippen LogP contribution in [0.2, 0.25) is 0 Å². The van der Waals surface area contributed by atoms with Gasteiger partial charge in [-0.15, -0.1) is 0 Å². The van der Waals surface area contributed by atoms with Crippen LogP contribution in [0.4, 0.5) is 5.82 Å². The lowest BCUT2D eigenvalue weighted by atomic mass is 10.3. The van der Waals surface area contributed by atoms with Gasteiger partial charge in [0.1, 0.15) is 4.90 Å². The number of sulfonamides is 1. The van der Waals surface area contributed by atoms with E-state index in [1.807, 2.05) is 13.2 Å². The van der Waals surface area contributed by atoms with E-state index in [1.165, 1.54) is 10.9 Å². The van der Waals surface area contributed by atoms with Gasteiger partial charge < -0.3 is 5.73 Å². The molecule has 104 valence electrons. The quantitative estimate of drug-likeness (QED) is 0.751. The Hall–Kier alpha value is -1.87. The number of anilines is 1. The molecule has 19 heavy (non-hydrogen) atoms. The Morgan fingerprint density at radius 3 is 2.58 bits per heavy atom. The maximum Gasteiger partial charge on any atom is 0.245 e. The van der Waals surface area contributed by atoms with E-state index in [4.69, 9.17) is 5.73 Å². The van der Waals surface area contributed by atoms with Crippen LogP contribution in [0.5, 0.6) is 0 Å². The van der Waals surface area contributed by atoms with Gasteiger partial charge in [-0.05, 0) is 12.0 Å². The summed E-state index contributed by atoms with van der Waals surface area (Å²) in [4.78, 5) is 0.00110. The van der Waals surface area contributed by atoms with Gasteiger partial charge in [-0.1, -0.05) is 0 Å². The summed E-state index contributed by atoms with van der Waals surface area (Å²) < 4.78 is 29.5. The highest BCUT2D eigenvalue weighted by molar-refractivity contribution is 7.89. The first-order valence-electron chi connectivity index (χ1n) is 5.65. The molecule has 3 N–H and O–H groups in total. The largest absolute Gasteiger partial charge is 0.381 e. The normalized spacial score (nSPS) is 11.9. The Labute approximate surface area is 111 Å². The molecule has 0 aliphatic carbocycles. The number of nitrogens with zero attached hydrogens (tertiary/aromatic N) is 4. The molecular formula is C10H16N6O2S. The third-order valence-corrected chi connectivity index (χ3v) is 4.05. The molecule has 0 aromatic carbocycles. The predicted octanol–water partition coefficient (Wildman–Crippen LogP) is -0.743. The summed E-state index contributed by atoms with van der Waals surface area (Å²) >= 11 is 0. The van der Waals surface area contributed by atoms with Gasteiger partial charge in [0.2, 0.25) is 10.0 Å². The number of aryl methyl sites for hydroxylation is 2. The highest BCUT2D eigenvalue weighted by atomic mass is 32.2. The van der Waals surface area contributed by atoms with Crippen molar-refractivity contribution in [1.29, 1.82) is 0 Å². The Bertz CT molecular complexity index is 672. The summed E-state index contributed by atoms with van der Waals surface area (Å²) in [6.07, 6.45) is 5.48. The van der Waals surface area contributed by atoms with Crippen LogP contribution in [0.15, 0.2) is 23.5 Å². The highest BCUT2D eigenvalue weighted by Gasteiger charge is 2.19. The van der Waals surface area contributed by atoms with Crippen LogP contribution in [0.3, 0.4) is 0 Å². The summed E-state index contributed by atoms with van der Waals surface area (Å²) in [6.45, 7) is 0.280. The SMILES string of the molecule is Cn1cc(CCNS(=O)(=O)c2cn(C)nc2N)cn1. The topological polar surface area (TPSA) is 108 Å². The summed E-state index contributed by atoms with van der Waals surface area (Å²) in [6, 6.07) is 0. The van der Waals surface area contributed by atoms with Gasteiger partial charge in [0.05, 0.1) is 6.20 Å². The molecule has 0 saturated carbocycles. The van der Waals surface area contributed by atoms with Crippen LogP contribution < -0.4 is 10.5 Å². The van der Waals surface area contributed by atoms with E-state index < -0.39 is 10.0 Å². The minimum atomic E-state index is -3.62. The van der Waals surface area contributed by atoms with Gasteiger partial charge in [-0.2, -0.15) is 10.2 Å². The maximum absolute atomic E-state index is 12.0. The van der Waals surface area contributed by atoms with Crippen molar-refractivity contribution in [3.8, 4) is 0 Å². The molecule has 0 bridgehead atoms. The third-order valence-electron chi connectivity index (χ3n) is 2.58. The number of rotatable bonds is 5. The van der Waals surface area contributed by atoms with Crippen molar-refractivity contribution in [2.75, 3.05) is 12.3 Å². The van der Waals surface area contributed by atoms with Crippen LogP contribution >= 0.6 is 0 Å². The lowest BCUT2D eigenvalue weighted by molar-refractivity contribution is 0.582. The standard InChI is InChI=1S/C10H16N6O2S/c1-15-6-8(5-12-15)3-4-13-19(17,18)9-7-16(2)14-10(9)11/h5-7,13H,3-4H2,1-2H3,(H2,11,14). The second kappa shape index (κ2) is 5.02. The van der Waals surface area contributed by atoms with E-state index >= 15 is 0 Å². The zero-order valence-corrected chi connectivity index (χ0v) is 11.6. The Kier molecular flexibility index (Phi) is 3.58. The Balaban J connectivity index is 2.00. The molecule has 0 amide bonds. The third kappa shape index (κ3) is 3.12. The number of nitrogens with two attached hydrogens (primary N) is 1. The first-order valence-corrected chi connectivity index (χ1v) is 7.13. The summed E-state index contributed by atoms with van der Waals surface area (Å²) in [5.41, 5.74) is 6.51. The van der Waals surface area contributed by atoms with E-state index in [2.05, 4.69) is 14.9 Å². The molecule has 0 unspecified atom stereocenters. The van der Waals surface area contributed by atoms with Gasteiger partial charge in [0.15, 0.2) is 5.82 Å². The molecule has 0 saturated heterocycles. The zero-order chi connectivity index (χ0) is 14.0. The first-order chi connectivity index (χ1) is 8.88. The van der Waals surface area contributed by atoms with Crippen LogP contribution in [-0.4, -0.2) is 34.5 Å². The lowest BCUT2D eigenvalue weighted by Gasteiger charge is -2.04. The van der Waals surface area contributed by atoms with Crippen LogP contribution in [-0.2, 0) is 30.5 Å². The smallest absolute Gasteiger partial charge is 0.245 e. The summed E-state index contributed by atoms with van der Waals surface area (Å²) in [5.74, 6) is -0.00335. The van der Waals surface area contributed by atoms with E-state index in [9.17, 15) is 8.42 Å². The average molecular weight is 284 g/mol. The summed E-state index contributed by atoms with van der Waals surface area (Å²) in [7, 11) is -0.193. The monoisotopic (exact) mass is 284 g/mol. The Morgan fingerprint density at radius 2 is 2.05 bits per heavy atom. The molecule has 9 heteroatoms. The molecule has 0 fully saturated rings. The minimum Gasteiger partial charge on any atom is -0.381 e. The second-order valence-corrected chi connectivity index (χ2v) is 5.96. The molecule has 0 radical (unpaired) electrons. The second-order valence-electron chi connectivity index (χ2n) is 4.22. The molecule has 8 nitrogen and oxygen atoms in total. The molecule has 0 aliphatic heterocycles. The van der Waals surface area contributed by atoms with Crippen molar-refractivity contribution in [3.63, 3.8) is 0 Å². The van der Waals surface area contributed by atoms with Crippen molar-refractivity contribution in [1.82, 2.24) is 24.3 Å². The molecular weight excluding hydrogens is 268 g/mol. The number of nitrogens with one attached hydrogen (secondary N) is 1. The first kappa shape index (κ1) is 13.6. The van der Waals surface area contributed by atoms with Crippen LogP contribution in [0.1, 0.15) is 5.56 Å². The van der Waals surface area contributed by atoms with E-state index in [0.29, 0.717) is 6.42 Å². The molecule has 2 aromatic heterocycles. The van der Waals surface area contributed by atoms with Crippen molar-refractivity contribution >= 4 is 15.8 Å². The van der Waals surface area contributed by atoms with Gasteiger partial charge in [0, 0.05) is 33.0 Å². The molecule has 2 rings (SSSR count). The number of hydrogen-bond donors (Lipinski definition) is 2. The maximum atomic E-state index is 12.0. The Morgan fingerprint density at radius 1 is 1.32 bits per heavy atom. The fraction of sp³-hybridized carbons (Fsp3) is 0.400. The lowest BCUT2D eigenvalue weighted by Crippen LogP contribution is -2.26. The molecule has 0 aliphatic rings. The fourth-order valence-electron chi connectivity index (χ4n) is 1.70. The van der Waals surface area contributed by atoms with Crippen molar-refractivity contribution in [2.45, 2.75) is 11.3 Å². The molecule has 0 spiro atoms. The van der Waals surface area contributed by atoms with Crippen molar-refractivity contribution in [3.05, 3.63) is 24.2 Å². The predicted molar refractivity (Wildman–Crippen MR) is 69.7 cm³/mol. The minimum absolute atomic E-state index is 0.00110. The number of aromatic nitrogens is 4. The molecule has 0 atom stereocenters. The van der Waals surface area contributed by atoms with E-state index in [0.717, 1.165) is 5.56 Å². The van der Waals surface area contributed by atoms with Crippen LogP contribution in [0.25, 0.3) is 0 Å². The average Bonchev–Trinajstić information content (AvgIpc) is 2.85. The zero-order valence-electron chi connectivity index (χ0n) is 10.7. The van der Waals surface area contributed by atoms with Crippen molar-refractivity contribution in [2.24, 2.45) is 14.1 Å². The molecule has 2 heterocycles.